The summed E-state index contributed by atoms with van der Waals surface area (Å²) in [5, 5.41) is 0. The second-order valence-electron chi connectivity index (χ2n) is 8.20. The highest BCUT2D eigenvalue weighted by Crippen LogP contribution is 2.27. The number of aryl methyl sites for hydroxylation is 1. The van der Waals surface area contributed by atoms with Crippen LogP contribution >= 0.6 is 0 Å². The maximum absolute atomic E-state index is 13.5. The van der Waals surface area contributed by atoms with E-state index in [1.807, 2.05) is 78.6 Å². The number of benzene rings is 3. The fourth-order valence-electron chi connectivity index (χ4n) is 4.33. The molecule has 0 bridgehead atoms. The van der Waals surface area contributed by atoms with Gasteiger partial charge < -0.3 is 9.64 Å². The van der Waals surface area contributed by atoms with Crippen molar-refractivity contribution in [1.29, 1.82) is 0 Å². The average Bonchev–Trinajstić information content (AvgIpc) is 2.82. The minimum Gasteiger partial charge on any atom is -0.496 e. The van der Waals surface area contributed by atoms with Crippen LogP contribution in [0.25, 0.3) is 0 Å². The third kappa shape index (κ3) is 4.97. The summed E-state index contributed by atoms with van der Waals surface area (Å²) in [6.45, 7) is 4.81. The molecule has 0 radical (unpaired) electrons. The Labute approximate surface area is 185 Å². The Bertz CT molecular complexity index is 993. The first-order valence-electron chi connectivity index (χ1n) is 11.0. The van der Waals surface area contributed by atoms with E-state index in [1.165, 1.54) is 5.56 Å². The molecule has 1 amide bonds. The minimum atomic E-state index is 0.0781. The molecule has 1 heterocycles. The summed E-state index contributed by atoms with van der Waals surface area (Å²) in [7, 11) is 1.72. The van der Waals surface area contributed by atoms with Gasteiger partial charge in [-0.15, -0.1) is 0 Å². The van der Waals surface area contributed by atoms with Crippen molar-refractivity contribution in [3.05, 3.63) is 95.6 Å². The van der Waals surface area contributed by atoms with Crippen LogP contribution in [0.5, 0.6) is 5.75 Å². The van der Waals surface area contributed by atoms with Gasteiger partial charge in [-0.3, -0.25) is 9.69 Å². The fourth-order valence-corrected chi connectivity index (χ4v) is 4.33. The van der Waals surface area contributed by atoms with Crippen molar-refractivity contribution in [3.63, 3.8) is 0 Å². The topological polar surface area (TPSA) is 32.8 Å². The van der Waals surface area contributed by atoms with Crippen molar-refractivity contribution in [2.75, 3.05) is 25.1 Å². The molecule has 0 aromatic heterocycles. The summed E-state index contributed by atoms with van der Waals surface area (Å²) < 4.78 is 5.51. The Morgan fingerprint density at radius 2 is 1.58 bits per heavy atom. The van der Waals surface area contributed by atoms with Crippen LogP contribution in [0.4, 0.5) is 5.69 Å². The van der Waals surface area contributed by atoms with Gasteiger partial charge in [-0.2, -0.15) is 0 Å². The number of amides is 1. The van der Waals surface area contributed by atoms with Crippen LogP contribution in [-0.4, -0.2) is 37.0 Å². The Kier molecular flexibility index (Phi) is 6.68. The number of piperidine rings is 1. The maximum Gasteiger partial charge on any atom is 0.258 e. The Balaban J connectivity index is 1.50. The summed E-state index contributed by atoms with van der Waals surface area (Å²) >= 11 is 0. The molecule has 4 heteroatoms. The number of carbonyl (C=O) groups is 1. The van der Waals surface area contributed by atoms with Crippen LogP contribution in [0.1, 0.15) is 34.3 Å². The minimum absolute atomic E-state index is 0.0781. The normalized spacial score (nSPS) is 14.9. The highest BCUT2D eigenvalue weighted by atomic mass is 16.5. The summed E-state index contributed by atoms with van der Waals surface area (Å²) in [4.78, 5) is 18.0. The predicted molar refractivity (Wildman–Crippen MR) is 126 cm³/mol. The van der Waals surface area contributed by atoms with E-state index in [1.54, 1.807) is 7.11 Å². The molecule has 1 fully saturated rings. The first-order valence-corrected chi connectivity index (χ1v) is 11.0. The molecular weight excluding hydrogens is 384 g/mol. The van der Waals surface area contributed by atoms with Crippen LogP contribution in [0.2, 0.25) is 0 Å². The standard InChI is InChI=1S/C27H30N2O2/c1-21-12-14-22(15-13-21)27(30)29(24-9-4-3-5-10-24)25-16-18-28(19-17-25)20-23-8-6-7-11-26(23)31-2/h3-15,25H,16-20H2,1-2H3. The van der Waals surface area contributed by atoms with Gasteiger partial charge >= 0.3 is 0 Å². The van der Waals surface area contributed by atoms with Gasteiger partial charge in [0.2, 0.25) is 0 Å². The number of rotatable bonds is 6. The van der Waals surface area contributed by atoms with Crippen LogP contribution in [0, 0.1) is 6.92 Å². The molecule has 3 aromatic carbocycles. The number of para-hydroxylation sites is 2. The van der Waals surface area contributed by atoms with Gasteiger partial charge in [0.15, 0.2) is 0 Å². The van der Waals surface area contributed by atoms with Gasteiger partial charge in [0.05, 0.1) is 7.11 Å². The SMILES string of the molecule is COc1ccccc1CN1CCC(N(C(=O)c2ccc(C)cc2)c2ccccc2)CC1. The number of carbonyl (C=O) groups excluding carboxylic acids is 1. The van der Waals surface area contributed by atoms with Crippen LogP contribution in [0.3, 0.4) is 0 Å². The summed E-state index contributed by atoms with van der Waals surface area (Å²) in [5.41, 5.74) is 4.08. The zero-order chi connectivity index (χ0) is 21.6. The lowest BCUT2D eigenvalue weighted by Gasteiger charge is -2.38. The van der Waals surface area contributed by atoms with Gasteiger partial charge in [-0.05, 0) is 50.1 Å². The smallest absolute Gasteiger partial charge is 0.258 e. The van der Waals surface area contributed by atoms with Crippen molar-refractivity contribution in [2.24, 2.45) is 0 Å². The molecule has 3 aromatic rings. The van der Waals surface area contributed by atoms with Gasteiger partial charge in [-0.1, -0.05) is 54.1 Å². The Hall–Kier alpha value is -3.11. The fraction of sp³-hybridized carbons (Fsp3) is 0.296. The molecule has 0 unspecified atom stereocenters. The maximum atomic E-state index is 13.5. The number of methoxy groups -OCH3 is 1. The van der Waals surface area contributed by atoms with Crippen molar-refractivity contribution in [3.8, 4) is 5.75 Å². The van der Waals surface area contributed by atoms with Gasteiger partial charge in [-0.25, -0.2) is 0 Å². The first-order chi connectivity index (χ1) is 15.2. The zero-order valence-corrected chi connectivity index (χ0v) is 18.3. The predicted octanol–water partition coefficient (Wildman–Crippen LogP) is 5.32. The number of hydrogen-bond donors (Lipinski definition) is 0. The van der Waals surface area contributed by atoms with Crippen molar-refractivity contribution in [2.45, 2.75) is 32.4 Å². The second-order valence-corrected chi connectivity index (χ2v) is 8.20. The lowest BCUT2D eigenvalue weighted by molar-refractivity contribution is 0.0958. The summed E-state index contributed by atoms with van der Waals surface area (Å²) in [6, 6.07) is 26.3. The van der Waals surface area contributed by atoms with Crippen molar-refractivity contribution in [1.82, 2.24) is 4.90 Å². The molecule has 0 N–H and O–H groups in total. The zero-order valence-electron chi connectivity index (χ0n) is 18.3. The van der Waals surface area contributed by atoms with E-state index in [2.05, 4.69) is 17.0 Å². The summed E-state index contributed by atoms with van der Waals surface area (Å²) in [5.74, 6) is 1.01. The molecule has 0 aliphatic carbocycles. The quantitative estimate of drug-likeness (QED) is 0.548. The molecule has 0 spiro atoms. The third-order valence-electron chi connectivity index (χ3n) is 6.06. The van der Waals surface area contributed by atoms with Crippen LogP contribution in [-0.2, 0) is 6.54 Å². The molecule has 0 atom stereocenters. The molecule has 0 saturated carbocycles. The number of nitrogens with zero attached hydrogens (tertiary/aromatic N) is 2. The molecule has 31 heavy (non-hydrogen) atoms. The lowest BCUT2D eigenvalue weighted by Crippen LogP contribution is -2.47. The van der Waals surface area contributed by atoms with E-state index >= 15 is 0 Å². The highest BCUT2D eigenvalue weighted by molar-refractivity contribution is 6.06. The summed E-state index contributed by atoms with van der Waals surface area (Å²) in [6.07, 6.45) is 1.89. The van der Waals surface area contributed by atoms with E-state index < -0.39 is 0 Å². The average molecular weight is 415 g/mol. The van der Waals surface area contributed by atoms with Crippen LogP contribution < -0.4 is 9.64 Å². The van der Waals surface area contributed by atoms with Gasteiger partial charge in [0, 0.05) is 42.5 Å². The monoisotopic (exact) mass is 414 g/mol. The van der Waals surface area contributed by atoms with Gasteiger partial charge in [0.1, 0.15) is 5.75 Å². The third-order valence-corrected chi connectivity index (χ3v) is 6.06. The Morgan fingerprint density at radius 3 is 2.26 bits per heavy atom. The van der Waals surface area contributed by atoms with Crippen molar-refractivity contribution >= 4 is 11.6 Å². The highest BCUT2D eigenvalue weighted by Gasteiger charge is 2.30. The number of anilines is 1. The first kappa shape index (κ1) is 21.1. The molecular formula is C27H30N2O2. The number of likely N-dealkylation sites (tertiary alicyclic amines) is 1. The molecule has 4 rings (SSSR count). The lowest BCUT2D eigenvalue weighted by atomic mass is 10.00. The molecule has 1 aliphatic heterocycles. The molecule has 4 nitrogen and oxygen atoms in total. The van der Waals surface area contributed by atoms with Crippen molar-refractivity contribution < 1.29 is 9.53 Å². The largest absolute Gasteiger partial charge is 0.496 e. The second kappa shape index (κ2) is 9.80. The number of ether oxygens (including phenoxy) is 1. The van der Waals surface area contributed by atoms with Crippen LogP contribution in [0.15, 0.2) is 78.9 Å². The molecule has 160 valence electrons. The van der Waals surface area contributed by atoms with E-state index in [-0.39, 0.29) is 11.9 Å². The molecule has 1 aliphatic rings. The van der Waals surface area contributed by atoms with E-state index in [0.717, 1.165) is 55.0 Å². The number of hydrogen-bond acceptors (Lipinski definition) is 3. The van der Waals surface area contributed by atoms with Gasteiger partial charge in [0.25, 0.3) is 5.91 Å². The molecule has 1 saturated heterocycles. The van der Waals surface area contributed by atoms with E-state index in [9.17, 15) is 4.79 Å². The Morgan fingerprint density at radius 1 is 0.935 bits per heavy atom. The van der Waals surface area contributed by atoms with E-state index in [0.29, 0.717) is 0 Å². The van der Waals surface area contributed by atoms with E-state index in [4.69, 9.17) is 4.74 Å².